The maximum absolute atomic E-state index is 12.5. The number of amides is 1. The van der Waals surface area contributed by atoms with Gasteiger partial charge in [-0.3, -0.25) is 4.79 Å². The van der Waals surface area contributed by atoms with E-state index >= 15 is 0 Å². The summed E-state index contributed by atoms with van der Waals surface area (Å²) in [6.07, 6.45) is 1.84. The highest BCUT2D eigenvalue weighted by molar-refractivity contribution is 5.79. The second-order valence-corrected chi connectivity index (χ2v) is 4.94. The van der Waals surface area contributed by atoms with Gasteiger partial charge < -0.3 is 15.4 Å². The molecule has 0 aromatic heterocycles. The van der Waals surface area contributed by atoms with E-state index in [-0.39, 0.29) is 11.8 Å². The molecular formula is C15H22N2O2. The summed E-state index contributed by atoms with van der Waals surface area (Å²) in [4.78, 5) is 14.3. The highest BCUT2D eigenvalue weighted by atomic mass is 16.5. The summed E-state index contributed by atoms with van der Waals surface area (Å²) in [5.74, 6) is 0.984. The molecule has 0 saturated heterocycles. The Hall–Kier alpha value is -1.55. The molecule has 0 spiro atoms. The lowest BCUT2D eigenvalue weighted by Crippen LogP contribution is -2.39. The molecule has 2 rings (SSSR count). The highest BCUT2D eigenvalue weighted by Gasteiger charge is 2.25. The van der Waals surface area contributed by atoms with E-state index in [9.17, 15) is 4.79 Å². The van der Waals surface area contributed by atoms with Crippen molar-refractivity contribution < 1.29 is 9.53 Å². The van der Waals surface area contributed by atoms with Crippen LogP contribution in [0.2, 0.25) is 0 Å². The normalized spacial score (nSPS) is 16.2. The van der Waals surface area contributed by atoms with Crippen molar-refractivity contribution in [1.82, 2.24) is 4.90 Å². The number of para-hydroxylation sites is 1. The maximum atomic E-state index is 12.5. The van der Waals surface area contributed by atoms with Crippen molar-refractivity contribution in [1.29, 1.82) is 0 Å². The lowest BCUT2D eigenvalue weighted by Gasteiger charge is -2.24. The largest absolute Gasteiger partial charge is 0.491 e. The summed E-state index contributed by atoms with van der Waals surface area (Å²) < 4.78 is 5.68. The summed E-state index contributed by atoms with van der Waals surface area (Å²) in [5, 5.41) is 0. The van der Waals surface area contributed by atoms with Crippen LogP contribution in [0.4, 0.5) is 0 Å². The number of hydrogen-bond acceptors (Lipinski definition) is 3. The first-order valence-electron chi connectivity index (χ1n) is 6.95. The fraction of sp³-hybridized carbons (Fsp3) is 0.533. The Morgan fingerprint density at radius 2 is 2.26 bits per heavy atom. The SMILES string of the molecule is CCCC(CN)C(=O)N1CCOc2ccccc2C1. The van der Waals surface area contributed by atoms with Crippen LogP contribution in [0.3, 0.4) is 0 Å². The third kappa shape index (κ3) is 3.26. The van der Waals surface area contributed by atoms with Crippen LogP contribution >= 0.6 is 0 Å². The van der Waals surface area contributed by atoms with Crippen LogP contribution in [0.5, 0.6) is 5.75 Å². The van der Waals surface area contributed by atoms with Crippen molar-refractivity contribution in [3.05, 3.63) is 29.8 Å². The summed E-state index contributed by atoms with van der Waals surface area (Å²) in [6.45, 7) is 4.30. The number of nitrogens with zero attached hydrogens (tertiary/aromatic N) is 1. The first-order valence-corrected chi connectivity index (χ1v) is 6.95. The molecule has 1 heterocycles. The van der Waals surface area contributed by atoms with E-state index in [1.807, 2.05) is 29.2 Å². The average Bonchev–Trinajstić information content (AvgIpc) is 2.66. The van der Waals surface area contributed by atoms with E-state index in [0.29, 0.717) is 26.2 Å². The van der Waals surface area contributed by atoms with E-state index < -0.39 is 0 Å². The van der Waals surface area contributed by atoms with Crippen LogP contribution in [0.15, 0.2) is 24.3 Å². The van der Waals surface area contributed by atoms with Crippen LogP contribution in [-0.4, -0.2) is 30.5 Å². The van der Waals surface area contributed by atoms with Gasteiger partial charge in [0.25, 0.3) is 0 Å². The van der Waals surface area contributed by atoms with E-state index in [1.54, 1.807) is 0 Å². The smallest absolute Gasteiger partial charge is 0.227 e. The zero-order chi connectivity index (χ0) is 13.7. The molecule has 1 aliphatic rings. The van der Waals surface area contributed by atoms with Crippen molar-refractivity contribution >= 4 is 5.91 Å². The van der Waals surface area contributed by atoms with Gasteiger partial charge in [0.1, 0.15) is 12.4 Å². The number of carbonyl (C=O) groups excluding carboxylic acids is 1. The van der Waals surface area contributed by atoms with E-state index in [1.165, 1.54) is 0 Å². The highest BCUT2D eigenvalue weighted by Crippen LogP contribution is 2.23. The first-order chi connectivity index (χ1) is 9.26. The molecule has 1 amide bonds. The van der Waals surface area contributed by atoms with E-state index in [4.69, 9.17) is 10.5 Å². The molecule has 4 heteroatoms. The number of fused-ring (bicyclic) bond motifs is 1. The van der Waals surface area contributed by atoms with Crippen molar-refractivity contribution in [3.8, 4) is 5.75 Å². The second kappa shape index (κ2) is 6.57. The van der Waals surface area contributed by atoms with Crippen molar-refractivity contribution in [2.45, 2.75) is 26.3 Å². The van der Waals surface area contributed by atoms with Crippen LogP contribution < -0.4 is 10.5 Å². The molecule has 0 aliphatic carbocycles. The quantitative estimate of drug-likeness (QED) is 0.900. The molecule has 2 N–H and O–H groups in total. The first kappa shape index (κ1) is 13.9. The number of carbonyl (C=O) groups is 1. The van der Waals surface area contributed by atoms with Gasteiger partial charge in [-0.2, -0.15) is 0 Å². The molecule has 19 heavy (non-hydrogen) atoms. The third-order valence-electron chi connectivity index (χ3n) is 3.54. The van der Waals surface area contributed by atoms with Crippen LogP contribution in [-0.2, 0) is 11.3 Å². The van der Waals surface area contributed by atoms with Gasteiger partial charge in [-0.05, 0) is 12.5 Å². The van der Waals surface area contributed by atoms with Gasteiger partial charge in [-0.1, -0.05) is 31.5 Å². The molecule has 1 aromatic carbocycles. The number of nitrogens with two attached hydrogens (primary N) is 1. The second-order valence-electron chi connectivity index (χ2n) is 4.94. The molecule has 1 atom stereocenters. The molecule has 1 unspecified atom stereocenters. The Morgan fingerprint density at radius 1 is 1.47 bits per heavy atom. The number of benzene rings is 1. The molecule has 0 radical (unpaired) electrons. The predicted octanol–water partition coefficient (Wildman–Crippen LogP) is 1.78. The molecule has 104 valence electrons. The minimum absolute atomic E-state index is 0.0599. The zero-order valence-corrected chi connectivity index (χ0v) is 11.5. The van der Waals surface area contributed by atoms with E-state index in [2.05, 4.69) is 6.92 Å². The van der Waals surface area contributed by atoms with Gasteiger partial charge in [0.05, 0.1) is 12.5 Å². The standard InChI is InChI=1S/C15H22N2O2/c1-2-5-12(10-16)15(18)17-8-9-19-14-7-4-3-6-13(14)11-17/h3-4,6-7,12H,2,5,8-11,16H2,1H3. The Balaban J connectivity index is 2.11. The lowest BCUT2D eigenvalue weighted by atomic mass is 10.0. The Labute approximate surface area is 114 Å². The Kier molecular flexibility index (Phi) is 4.80. The third-order valence-corrected chi connectivity index (χ3v) is 3.54. The molecular weight excluding hydrogens is 240 g/mol. The zero-order valence-electron chi connectivity index (χ0n) is 11.5. The Bertz CT molecular complexity index is 434. The minimum atomic E-state index is -0.0599. The van der Waals surface area contributed by atoms with Crippen molar-refractivity contribution in [3.63, 3.8) is 0 Å². The Morgan fingerprint density at radius 3 is 3.00 bits per heavy atom. The monoisotopic (exact) mass is 262 g/mol. The average molecular weight is 262 g/mol. The van der Waals surface area contributed by atoms with Gasteiger partial charge in [0, 0.05) is 18.7 Å². The molecule has 0 bridgehead atoms. The van der Waals surface area contributed by atoms with Crippen LogP contribution in [0.25, 0.3) is 0 Å². The molecule has 1 aliphatic heterocycles. The summed E-state index contributed by atoms with van der Waals surface area (Å²) in [5.41, 5.74) is 6.79. The lowest BCUT2D eigenvalue weighted by molar-refractivity contribution is -0.136. The van der Waals surface area contributed by atoms with Crippen molar-refractivity contribution in [2.24, 2.45) is 11.7 Å². The van der Waals surface area contributed by atoms with Gasteiger partial charge in [0.2, 0.25) is 5.91 Å². The molecule has 4 nitrogen and oxygen atoms in total. The van der Waals surface area contributed by atoms with E-state index in [0.717, 1.165) is 24.2 Å². The van der Waals surface area contributed by atoms with Crippen LogP contribution in [0.1, 0.15) is 25.3 Å². The van der Waals surface area contributed by atoms with Crippen LogP contribution in [0, 0.1) is 5.92 Å². The molecule has 1 aromatic rings. The molecule has 0 fully saturated rings. The summed E-state index contributed by atoms with van der Waals surface area (Å²) in [7, 11) is 0. The van der Waals surface area contributed by atoms with Gasteiger partial charge in [-0.25, -0.2) is 0 Å². The van der Waals surface area contributed by atoms with Gasteiger partial charge >= 0.3 is 0 Å². The predicted molar refractivity (Wildman–Crippen MR) is 74.8 cm³/mol. The number of rotatable bonds is 4. The van der Waals surface area contributed by atoms with Gasteiger partial charge in [0.15, 0.2) is 0 Å². The minimum Gasteiger partial charge on any atom is -0.491 e. The van der Waals surface area contributed by atoms with Gasteiger partial charge in [-0.15, -0.1) is 0 Å². The fourth-order valence-electron chi connectivity index (χ4n) is 2.46. The topological polar surface area (TPSA) is 55.6 Å². The number of hydrogen-bond donors (Lipinski definition) is 1. The maximum Gasteiger partial charge on any atom is 0.227 e. The fourth-order valence-corrected chi connectivity index (χ4v) is 2.46. The van der Waals surface area contributed by atoms with Crippen molar-refractivity contribution in [2.75, 3.05) is 19.7 Å². The number of ether oxygens (including phenoxy) is 1. The summed E-state index contributed by atoms with van der Waals surface area (Å²) >= 11 is 0. The molecule has 0 saturated carbocycles. The summed E-state index contributed by atoms with van der Waals surface area (Å²) in [6, 6.07) is 7.90.